The van der Waals surface area contributed by atoms with Gasteiger partial charge in [-0.1, -0.05) is 0 Å². The van der Waals surface area contributed by atoms with Crippen LogP contribution in [0.1, 0.15) is 40.0 Å². The molecule has 9 nitrogen and oxygen atoms in total. The van der Waals surface area contributed by atoms with Crippen molar-refractivity contribution in [1.82, 2.24) is 15.3 Å². The van der Waals surface area contributed by atoms with Crippen molar-refractivity contribution < 1.29 is 19.1 Å². The van der Waals surface area contributed by atoms with Crippen LogP contribution in [-0.4, -0.2) is 76.5 Å². The molecule has 5 rings (SSSR count). The van der Waals surface area contributed by atoms with Crippen molar-refractivity contribution in [3.05, 3.63) is 65.9 Å². The van der Waals surface area contributed by atoms with Crippen LogP contribution in [0.15, 0.2) is 54.7 Å². The van der Waals surface area contributed by atoms with E-state index in [9.17, 15) is 9.59 Å². The third-order valence-corrected chi connectivity index (χ3v) is 8.81. The average Bonchev–Trinajstić information content (AvgIpc) is 2.94. The number of nitrogens with one attached hydrogen (secondary N) is 1. The number of esters is 1. The first kappa shape index (κ1) is 25.9. The molecule has 2 aliphatic rings. The standard InChI is InChI=1S/C28H28AsN5O4/c30-11-13-31-26(35)20-6-4-19(5-7-20)24-10-12-32-28(33-24)29-21-8-9-25(34-14-16-37-17-15-34)23(18-21)27(36)38-22-2-1-3-22/h4-10,12,18,22,29H,1-3,13-17H2,(H,31,35). The number of hydrogen-bond acceptors (Lipinski definition) is 8. The monoisotopic (exact) mass is 573 g/mol. The molecule has 1 amide bonds. The first-order chi connectivity index (χ1) is 18.6. The number of morpholine rings is 1. The fourth-order valence-electron chi connectivity index (χ4n) is 4.28. The Bertz CT molecular complexity index is 1350. The summed E-state index contributed by atoms with van der Waals surface area (Å²) in [5, 5.41) is 11.2. The Balaban J connectivity index is 1.35. The van der Waals surface area contributed by atoms with E-state index in [1.54, 1.807) is 18.3 Å². The fraction of sp³-hybridized carbons (Fsp3) is 0.321. The number of anilines is 1. The van der Waals surface area contributed by atoms with E-state index in [2.05, 4.69) is 21.3 Å². The van der Waals surface area contributed by atoms with Gasteiger partial charge >= 0.3 is 228 Å². The summed E-state index contributed by atoms with van der Waals surface area (Å²) in [6.07, 6.45) is 4.72. The second-order valence-electron chi connectivity index (χ2n) is 9.10. The van der Waals surface area contributed by atoms with E-state index in [0.29, 0.717) is 24.3 Å². The van der Waals surface area contributed by atoms with Crippen molar-refractivity contribution in [3.8, 4) is 17.3 Å². The SMILES string of the molecule is N#CCNC(=O)c1ccc(-c2ccnc([AsH]c3ccc(N4CCOCC4)c(C(=O)OC4CCC4)c3)n2)cc1. The van der Waals surface area contributed by atoms with Crippen molar-refractivity contribution in [2.75, 3.05) is 37.7 Å². The summed E-state index contributed by atoms with van der Waals surface area (Å²) >= 11 is -0.922. The van der Waals surface area contributed by atoms with Crippen LogP contribution in [0.4, 0.5) is 5.69 Å². The maximum atomic E-state index is 13.1. The van der Waals surface area contributed by atoms with Gasteiger partial charge in [0.05, 0.1) is 0 Å². The van der Waals surface area contributed by atoms with Gasteiger partial charge in [0.2, 0.25) is 0 Å². The number of benzene rings is 2. The molecular formula is C28H28AsN5O4. The molecule has 1 aromatic heterocycles. The van der Waals surface area contributed by atoms with Crippen molar-refractivity contribution in [1.29, 1.82) is 5.26 Å². The molecule has 1 aliphatic carbocycles. The second-order valence-corrected chi connectivity index (χ2v) is 11.8. The van der Waals surface area contributed by atoms with E-state index in [1.165, 1.54) is 0 Å². The third kappa shape index (κ3) is 6.21. The molecule has 194 valence electrons. The fourth-order valence-corrected chi connectivity index (χ4v) is 6.29. The van der Waals surface area contributed by atoms with Crippen molar-refractivity contribution in [2.45, 2.75) is 25.4 Å². The number of carbonyl (C=O) groups excluding carboxylic acids is 2. The number of aromatic nitrogens is 2. The van der Waals surface area contributed by atoms with Gasteiger partial charge in [-0.25, -0.2) is 0 Å². The summed E-state index contributed by atoms with van der Waals surface area (Å²) < 4.78 is 13.1. The number of ether oxygens (including phenoxy) is 2. The maximum absolute atomic E-state index is 13.1. The molecule has 0 spiro atoms. The molecule has 0 bridgehead atoms. The van der Waals surface area contributed by atoms with E-state index >= 15 is 0 Å². The van der Waals surface area contributed by atoms with Gasteiger partial charge in [0, 0.05) is 0 Å². The van der Waals surface area contributed by atoms with Crippen LogP contribution < -0.4 is 19.2 Å². The number of hydrogen-bond donors (Lipinski definition) is 1. The topological polar surface area (TPSA) is 117 Å². The van der Waals surface area contributed by atoms with Crippen LogP contribution in [0.5, 0.6) is 0 Å². The predicted octanol–water partition coefficient (Wildman–Crippen LogP) is 1.33. The quantitative estimate of drug-likeness (QED) is 0.244. The van der Waals surface area contributed by atoms with Gasteiger partial charge in [-0.15, -0.1) is 0 Å². The summed E-state index contributed by atoms with van der Waals surface area (Å²) in [5.41, 5.74) is 3.60. The van der Waals surface area contributed by atoms with Crippen LogP contribution in [-0.2, 0) is 9.47 Å². The molecule has 2 fully saturated rings. The Morgan fingerprint density at radius 1 is 1.13 bits per heavy atom. The van der Waals surface area contributed by atoms with E-state index in [1.807, 2.05) is 36.4 Å². The number of amides is 1. The zero-order valence-electron chi connectivity index (χ0n) is 20.9. The summed E-state index contributed by atoms with van der Waals surface area (Å²) in [4.78, 5) is 36.7. The molecule has 1 saturated heterocycles. The van der Waals surface area contributed by atoms with Gasteiger partial charge in [-0.05, 0) is 0 Å². The molecule has 1 aliphatic heterocycles. The van der Waals surface area contributed by atoms with Crippen molar-refractivity contribution >= 4 is 42.3 Å². The number of rotatable bonds is 8. The van der Waals surface area contributed by atoms with E-state index in [4.69, 9.17) is 19.7 Å². The van der Waals surface area contributed by atoms with Crippen LogP contribution in [0, 0.1) is 11.3 Å². The van der Waals surface area contributed by atoms with Gasteiger partial charge in [-0.2, -0.15) is 0 Å². The minimum atomic E-state index is -0.922. The Morgan fingerprint density at radius 3 is 2.63 bits per heavy atom. The van der Waals surface area contributed by atoms with Crippen LogP contribution in [0.2, 0.25) is 0 Å². The van der Waals surface area contributed by atoms with E-state index in [-0.39, 0.29) is 24.5 Å². The van der Waals surface area contributed by atoms with Gasteiger partial charge in [0.25, 0.3) is 0 Å². The summed E-state index contributed by atoms with van der Waals surface area (Å²) in [6, 6.07) is 16.9. The first-order valence-corrected chi connectivity index (χ1v) is 14.7. The first-order valence-electron chi connectivity index (χ1n) is 12.6. The zero-order chi connectivity index (χ0) is 26.3. The zero-order valence-corrected chi connectivity index (χ0v) is 23.0. The third-order valence-electron chi connectivity index (χ3n) is 6.58. The Labute approximate surface area is 227 Å². The van der Waals surface area contributed by atoms with E-state index < -0.39 is 15.8 Å². The normalized spacial score (nSPS) is 15.6. The molecule has 38 heavy (non-hydrogen) atoms. The second kappa shape index (κ2) is 12.2. The predicted molar refractivity (Wildman–Crippen MR) is 144 cm³/mol. The average molecular weight is 573 g/mol. The molecule has 2 aromatic carbocycles. The summed E-state index contributed by atoms with van der Waals surface area (Å²) in [6.45, 7) is 2.72. The van der Waals surface area contributed by atoms with Crippen LogP contribution >= 0.6 is 0 Å². The number of nitrogens with zero attached hydrogens (tertiary/aromatic N) is 4. The van der Waals surface area contributed by atoms with Gasteiger partial charge in [0.15, 0.2) is 0 Å². The minimum absolute atomic E-state index is 0.0172. The van der Waals surface area contributed by atoms with E-state index in [0.717, 1.165) is 58.3 Å². The molecular weight excluding hydrogens is 545 g/mol. The Hall–Kier alpha value is -3.73. The van der Waals surface area contributed by atoms with Gasteiger partial charge < -0.3 is 0 Å². The van der Waals surface area contributed by atoms with Crippen molar-refractivity contribution in [3.63, 3.8) is 0 Å². The van der Waals surface area contributed by atoms with Crippen LogP contribution in [0.25, 0.3) is 11.3 Å². The molecule has 0 radical (unpaired) electrons. The van der Waals surface area contributed by atoms with Gasteiger partial charge in [-0.3, -0.25) is 0 Å². The summed E-state index contributed by atoms with van der Waals surface area (Å²) in [7, 11) is 0. The number of carbonyl (C=O) groups is 2. The molecule has 1 N–H and O–H groups in total. The molecule has 1 unspecified atom stereocenters. The van der Waals surface area contributed by atoms with Crippen LogP contribution in [0.3, 0.4) is 0 Å². The molecule has 3 aromatic rings. The molecule has 1 atom stereocenters. The van der Waals surface area contributed by atoms with Gasteiger partial charge in [0.1, 0.15) is 0 Å². The molecule has 1 saturated carbocycles. The Kier molecular flexibility index (Phi) is 8.32. The molecule has 10 heteroatoms. The molecule has 2 heterocycles. The Morgan fingerprint density at radius 2 is 1.92 bits per heavy atom. The number of nitriles is 1. The summed E-state index contributed by atoms with van der Waals surface area (Å²) in [5.74, 6) is -0.557. The van der Waals surface area contributed by atoms with Crippen molar-refractivity contribution in [2.24, 2.45) is 0 Å².